The first-order valence-corrected chi connectivity index (χ1v) is 10.6. The number of hydrogen-bond donors (Lipinski definition) is 1. The molecule has 0 aliphatic carbocycles. The van der Waals surface area contributed by atoms with E-state index >= 15 is 0 Å². The third kappa shape index (κ3) is 5.56. The molecule has 0 saturated carbocycles. The van der Waals surface area contributed by atoms with Crippen LogP contribution in [0.25, 0.3) is 11.3 Å². The number of hydrogen-bond acceptors (Lipinski definition) is 5. The lowest BCUT2D eigenvalue weighted by molar-refractivity contribution is -0.137. The molecular formula is C21H21F5N5OP. The van der Waals surface area contributed by atoms with E-state index in [4.69, 9.17) is 5.26 Å². The van der Waals surface area contributed by atoms with Gasteiger partial charge in [0.1, 0.15) is 11.6 Å². The van der Waals surface area contributed by atoms with Gasteiger partial charge >= 0.3 is 6.18 Å². The number of nitrogens with one attached hydrogen (secondary N) is 1. The van der Waals surface area contributed by atoms with E-state index in [1.54, 1.807) is 4.90 Å². The molecule has 1 N–H and O–H groups in total. The quantitative estimate of drug-likeness (QED) is 0.474. The van der Waals surface area contributed by atoms with E-state index in [1.807, 2.05) is 0 Å². The molecule has 1 saturated heterocycles. The number of amides is 1. The summed E-state index contributed by atoms with van der Waals surface area (Å²) in [6, 6.07) is 5.05. The maximum absolute atomic E-state index is 14.3. The average molecular weight is 485 g/mol. The van der Waals surface area contributed by atoms with Crippen molar-refractivity contribution in [2.75, 3.05) is 23.3 Å². The molecular weight excluding hydrogens is 464 g/mol. The van der Waals surface area contributed by atoms with Crippen molar-refractivity contribution in [3.8, 4) is 17.3 Å². The average Bonchev–Trinajstić information content (AvgIpc) is 3.20. The summed E-state index contributed by atoms with van der Waals surface area (Å²) >= 11 is 0. The van der Waals surface area contributed by atoms with Crippen LogP contribution < -0.4 is 10.2 Å². The molecule has 0 spiro atoms. The first-order valence-electron chi connectivity index (χ1n) is 9.98. The molecule has 1 fully saturated rings. The topological polar surface area (TPSA) is 81.9 Å². The van der Waals surface area contributed by atoms with Crippen molar-refractivity contribution < 1.29 is 26.7 Å². The van der Waals surface area contributed by atoms with Crippen molar-refractivity contribution in [3.63, 3.8) is 0 Å². The highest BCUT2D eigenvalue weighted by Crippen LogP contribution is 2.45. The van der Waals surface area contributed by atoms with E-state index in [9.17, 15) is 26.7 Å². The number of rotatable bonds is 5. The Hall–Kier alpha value is -2.86. The van der Waals surface area contributed by atoms with Gasteiger partial charge in [0.15, 0.2) is 0 Å². The first kappa shape index (κ1) is 24.8. The largest absolute Gasteiger partial charge is 0.416 e. The number of carbonyl (C=O) groups is 1. The van der Waals surface area contributed by atoms with Crippen LogP contribution in [0.4, 0.5) is 33.6 Å². The van der Waals surface area contributed by atoms with Gasteiger partial charge < -0.3 is 10.2 Å². The molecule has 1 amide bonds. The van der Waals surface area contributed by atoms with Crippen LogP contribution in [0.1, 0.15) is 37.3 Å². The normalized spacial score (nSPS) is 17.5. The van der Waals surface area contributed by atoms with Gasteiger partial charge in [-0.25, -0.2) is 18.7 Å². The molecule has 2 unspecified atom stereocenters. The predicted octanol–water partition coefficient (Wildman–Crippen LogP) is 5.04. The number of halogens is 5. The monoisotopic (exact) mass is 485 g/mol. The highest BCUT2D eigenvalue weighted by Gasteiger charge is 2.37. The van der Waals surface area contributed by atoms with Crippen LogP contribution in [0.3, 0.4) is 0 Å². The van der Waals surface area contributed by atoms with E-state index in [1.165, 1.54) is 35.4 Å². The Labute approximate surface area is 189 Å². The standard InChI is InChI=1S/C21H21F5N5OP/c1-11(21(25,26)33)18-15(3-5-28-19(18)29-12(2)32)16-7-14(20(22,23)24)8-17(30-16)31-6-4-13(9-27)10-31/h3,5,7-8,11,13H,4,6,10,33H2,1-2H3,(H,28,29,32)/t11-,13?/m1/s1. The molecule has 3 rings (SSSR count). The summed E-state index contributed by atoms with van der Waals surface area (Å²) in [6.45, 7) is 2.91. The first-order chi connectivity index (χ1) is 15.3. The number of carbonyl (C=O) groups excluding carboxylic acids is 1. The molecule has 0 radical (unpaired) electrons. The minimum absolute atomic E-state index is 0.00763. The van der Waals surface area contributed by atoms with Gasteiger partial charge in [-0.05, 0) is 24.6 Å². The highest BCUT2D eigenvalue weighted by molar-refractivity contribution is 7.18. The number of nitrogens with zero attached hydrogens (tertiary/aromatic N) is 4. The van der Waals surface area contributed by atoms with E-state index in [0.29, 0.717) is 13.0 Å². The van der Waals surface area contributed by atoms with Crippen molar-refractivity contribution in [3.05, 3.63) is 35.5 Å². The number of aromatic nitrogens is 2. The Morgan fingerprint density at radius 2 is 2.03 bits per heavy atom. The minimum Gasteiger partial charge on any atom is -0.355 e. The second kappa shape index (κ2) is 9.18. The minimum atomic E-state index is -4.72. The Morgan fingerprint density at radius 3 is 2.58 bits per heavy atom. The Morgan fingerprint density at radius 1 is 1.33 bits per heavy atom. The van der Waals surface area contributed by atoms with Gasteiger partial charge in [0.25, 0.3) is 5.66 Å². The van der Waals surface area contributed by atoms with Crippen LogP contribution in [-0.2, 0) is 11.0 Å². The zero-order valence-corrected chi connectivity index (χ0v) is 18.9. The van der Waals surface area contributed by atoms with E-state index in [2.05, 4.69) is 21.4 Å². The molecule has 0 aromatic carbocycles. The summed E-state index contributed by atoms with van der Waals surface area (Å²) in [5.41, 5.74) is -4.68. The lowest BCUT2D eigenvalue weighted by Gasteiger charge is -2.25. The molecule has 3 atom stereocenters. The van der Waals surface area contributed by atoms with E-state index in [0.717, 1.165) is 12.1 Å². The molecule has 0 bridgehead atoms. The van der Waals surface area contributed by atoms with E-state index in [-0.39, 0.29) is 40.9 Å². The Bertz CT molecular complexity index is 1100. The molecule has 1 aliphatic heterocycles. The lowest BCUT2D eigenvalue weighted by atomic mass is 9.93. The second-order valence-corrected chi connectivity index (χ2v) is 8.63. The summed E-state index contributed by atoms with van der Waals surface area (Å²) < 4.78 is 69.7. The summed E-state index contributed by atoms with van der Waals surface area (Å²) in [5, 5.41) is 11.5. The van der Waals surface area contributed by atoms with Crippen LogP contribution in [-0.4, -0.2) is 34.6 Å². The van der Waals surface area contributed by atoms with Crippen molar-refractivity contribution in [2.24, 2.45) is 5.92 Å². The van der Waals surface area contributed by atoms with Gasteiger partial charge in [-0.15, -0.1) is 0 Å². The van der Waals surface area contributed by atoms with Crippen LogP contribution >= 0.6 is 9.24 Å². The maximum Gasteiger partial charge on any atom is 0.416 e. The molecule has 2 aromatic heterocycles. The highest BCUT2D eigenvalue weighted by atomic mass is 31.0. The molecule has 2 aromatic rings. The molecule has 6 nitrogen and oxygen atoms in total. The molecule has 176 valence electrons. The number of anilines is 2. The summed E-state index contributed by atoms with van der Waals surface area (Å²) in [5.74, 6) is -2.63. The summed E-state index contributed by atoms with van der Waals surface area (Å²) in [6.07, 6.45) is -3.03. The third-order valence-corrected chi connectivity index (χ3v) is 5.90. The summed E-state index contributed by atoms with van der Waals surface area (Å²) in [4.78, 5) is 21.5. The number of alkyl halides is 5. The fourth-order valence-corrected chi connectivity index (χ4v) is 3.81. The smallest absolute Gasteiger partial charge is 0.355 e. The predicted molar refractivity (Wildman–Crippen MR) is 116 cm³/mol. The fraction of sp³-hybridized carbons (Fsp3) is 0.429. The van der Waals surface area contributed by atoms with Crippen LogP contribution in [0, 0.1) is 17.2 Å². The fourth-order valence-electron chi connectivity index (χ4n) is 3.65. The van der Waals surface area contributed by atoms with Gasteiger partial charge in [0.05, 0.1) is 29.2 Å². The van der Waals surface area contributed by atoms with Crippen molar-refractivity contribution in [2.45, 2.75) is 38.0 Å². The van der Waals surface area contributed by atoms with Crippen molar-refractivity contribution in [1.82, 2.24) is 9.97 Å². The zero-order valence-electron chi connectivity index (χ0n) is 17.7. The third-order valence-electron chi connectivity index (χ3n) is 5.40. The van der Waals surface area contributed by atoms with Gasteiger partial charge in [-0.2, -0.15) is 18.4 Å². The second-order valence-electron chi connectivity index (χ2n) is 7.86. The molecule has 3 heterocycles. The Balaban J connectivity index is 2.24. The maximum atomic E-state index is 14.3. The van der Waals surface area contributed by atoms with Crippen LogP contribution in [0.5, 0.6) is 0 Å². The van der Waals surface area contributed by atoms with Gasteiger partial charge in [-0.1, -0.05) is 16.2 Å². The van der Waals surface area contributed by atoms with Crippen molar-refractivity contribution in [1.29, 1.82) is 5.26 Å². The van der Waals surface area contributed by atoms with Crippen LogP contribution in [0.2, 0.25) is 0 Å². The molecule has 12 heteroatoms. The summed E-state index contributed by atoms with van der Waals surface area (Å²) in [7, 11) is 1.40. The Kier molecular flexibility index (Phi) is 6.89. The SMILES string of the molecule is CC(=O)Nc1nccc(-c2cc(C(F)(F)F)cc(N3CCC(C#N)C3)n2)c1[C@@H](C)C(F)(F)P. The lowest BCUT2D eigenvalue weighted by Crippen LogP contribution is -2.22. The zero-order chi connectivity index (χ0) is 24.6. The van der Waals surface area contributed by atoms with Crippen LogP contribution in [0.15, 0.2) is 24.4 Å². The van der Waals surface area contributed by atoms with Gasteiger partial charge in [0, 0.05) is 37.3 Å². The van der Waals surface area contributed by atoms with Crippen molar-refractivity contribution >= 4 is 26.8 Å². The number of pyridine rings is 2. The van der Waals surface area contributed by atoms with Gasteiger partial charge in [-0.3, -0.25) is 4.79 Å². The number of nitriles is 1. The van der Waals surface area contributed by atoms with Gasteiger partial charge in [0.2, 0.25) is 5.91 Å². The van der Waals surface area contributed by atoms with E-state index < -0.39 is 29.2 Å². The molecule has 1 aliphatic rings. The molecule has 33 heavy (non-hydrogen) atoms.